The van der Waals surface area contributed by atoms with Gasteiger partial charge in [0.25, 0.3) is 11.8 Å². The molecular formula is C23H19ClN2O3. The molecule has 0 unspecified atom stereocenters. The van der Waals surface area contributed by atoms with Gasteiger partial charge in [0.2, 0.25) is 0 Å². The maximum Gasteiger partial charge on any atom is 0.261 e. The number of carbonyl (C=O) groups is 2. The minimum absolute atomic E-state index is 0.00877. The Labute approximate surface area is 173 Å². The Balaban J connectivity index is 1.54. The predicted octanol–water partition coefficient (Wildman–Crippen LogP) is 4.51. The van der Waals surface area contributed by atoms with Crippen molar-refractivity contribution in [3.05, 3.63) is 94.5 Å². The average Bonchev–Trinajstić information content (AvgIpc) is 2.88. The van der Waals surface area contributed by atoms with E-state index in [4.69, 9.17) is 16.3 Å². The SMILES string of the molecule is O=C(Nc1ccc2c(c1)CN(Cc1ccccc1)C(=O)CO2)c1ccccc1Cl. The highest BCUT2D eigenvalue weighted by Gasteiger charge is 2.22. The lowest BCUT2D eigenvalue weighted by Gasteiger charge is -2.20. The van der Waals surface area contributed by atoms with Gasteiger partial charge in [-0.05, 0) is 35.9 Å². The number of rotatable bonds is 4. The number of amides is 2. The summed E-state index contributed by atoms with van der Waals surface area (Å²) in [7, 11) is 0. The number of nitrogens with zero attached hydrogens (tertiary/aromatic N) is 1. The number of hydrogen-bond acceptors (Lipinski definition) is 3. The second kappa shape index (κ2) is 8.37. The highest BCUT2D eigenvalue weighted by molar-refractivity contribution is 6.34. The highest BCUT2D eigenvalue weighted by Crippen LogP contribution is 2.28. The second-order valence-corrected chi connectivity index (χ2v) is 7.19. The fourth-order valence-electron chi connectivity index (χ4n) is 3.24. The van der Waals surface area contributed by atoms with Gasteiger partial charge in [-0.1, -0.05) is 54.1 Å². The normalized spacial score (nSPS) is 13.3. The zero-order chi connectivity index (χ0) is 20.2. The molecule has 29 heavy (non-hydrogen) atoms. The Hall–Kier alpha value is -3.31. The molecule has 3 aromatic rings. The zero-order valence-corrected chi connectivity index (χ0v) is 16.4. The summed E-state index contributed by atoms with van der Waals surface area (Å²) in [5, 5.41) is 3.25. The Morgan fingerprint density at radius 2 is 1.79 bits per heavy atom. The van der Waals surface area contributed by atoms with E-state index in [0.717, 1.165) is 11.1 Å². The van der Waals surface area contributed by atoms with Crippen molar-refractivity contribution >= 4 is 29.1 Å². The van der Waals surface area contributed by atoms with E-state index in [2.05, 4.69) is 5.32 Å². The molecule has 0 saturated heterocycles. The Bertz CT molecular complexity index is 1050. The van der Waals surface area contributed by atoms with Gasteiger partial charge in [-0.25, -0.2) is 0 Å². The molecule has 2 amide bonds. The highest BCUT2D eigenvalue weighted by atomic mass is 35.5. The molecule has 1 aliphatic rings. The fraction of sp³-hybridized carbons (Fsp3) is 0.130. The van der Waals surface area contributed by atoms with Crippen LogP contribution in [0.1, 0.15) is 21.5 Å². The standard InChI is InChI=1S/C23H19ClN2O3/c24-20-9-5-4-8-19(20)23(28)25-18-10-11-21-17(12-18)14-26(22(27)15-29-21)13-16-6-2-1-3-7-16/h1-12H,13-15H2,(H,25,28). The molecule has 0 bridgehead atoms. The van der Waals surface area contributed by atoms with Crippen molar-refractivity contribution in [1.29, 1.82) is 0 Å². The molecule has 0 aromatic heterocycles. The number of fused-ring (bicyclic) bond motifs is 1. The summed E-state index contributed by atoms with van der Waals surface area (Å²) >= 11 is 6.11. The number of carbonyl (C=O) groups excluding carboxylic acids is 2. The lowest BCUT2D eigenvalue weighted by molar-refractivity contribution is -0.133. The van der Waals surface area contributed by atoms with Gasteiger partial charge < -0.3 is 15.0 Å². The molecule has 3 aromatic carbocycles. The molecule has 0 saturated carbocycles. The molecule has 4 rings (SSSR count). The van der Waals surface area contributed by atoms with E-state index >= 15 is 0 Å². The first-order valence-electron chi connectivity index (χ1n) is 9.23. The molecular weight excluding hydrogens is 388 g/mol. The van der Waals surface area contributed by atoms with E-state index in [1.54, 1.807) is 41.3 Å². The third kappa shape index (κ3) is 4.41. The zero-order valence-electron chi connectivity index (χ0n) is 15.6. The number of benzene rings is 3. The Kier molecular flexibility index (Phi) is 5.49. The first-order valence-corrected chi connectivity index (χ1v) is 9.61. The van der Waals surface area contributed by atoms with E-state index in [0.29, 0.717) is 35.1 Å². The molecule has 1 aliphatic heterocycles. The van der Waals surface area contributed by atoms with E-state index in [-0.39, 0.29) is 18.4 Å². The van der Waals surface area contributed by atoms with Crippen molar-refractivity contribution < 1.29 is 14.3 Å². The van der Waals surface area contributed by atoms with Gasteiger partial charge in [0, 0.05) is 24.3 Å². The number of nitrogens with one attached hydrogen (secondary N) is 1. The minimum Gasteiger partial charge on any atom is -0.483 e. The largest absolute Gasteiger partial charge is 0.483 e. The van der Waals surface area contributed by atoms with Crippen LogP contribution in [0.15, 0.2) is 72.8 Å². The number of anilines is 1. The summed E-state index contributed by atoms with van der Waals surface area (Å²) in [4.78, 5) is 26.8. The van der Waals surface area contributed by atoms with Crippen LogP contribution in [-0.4, -0.2) is 23.3 Å². The number of ether oxygens (including phenoxy) is 1. The summed E-state index contributed by atoms with van der Waals surface area (Å²) in [6, 6.07) is 22.1. The molecule has 146 valence electrons. The summed E-state index contributed by atoms with van der Waals surface area (Å²) in [5.74, 6) is 0.277. The number of halogens is 1. The molecule has 0 radical (unpaired) electrons. The third-order valence-corrected chi connectivity index (χ3v) is 5.05. The topological polar surface area (TPSA) is 58.6 Å². The molecule has 1 N–H and O–H groups in total. The maximum absolute atomic E-state index is 12.5. The van der Waals surface area contributed by atoms with Gasteiger partial charge in [-0.15, -0.1) is 0 Å². The Morgan fingerprint density at radius 3 is 2.59 bits per heavy atom. The molecule has 0 spiro atoms. The molecule has 6 heteroatoms. The monoisotopic (exact) mass is 406 g/mol. The van der Waals surface area contributed by atoms with Crippen LogP contribution in [-0.2, 0) is 17.9 Å². The molecule has 0 fully saturated rings. The quantitative estimate of drug-likeness (QED) is 0.693. The van der Waals surface area contributed by atoms with Gasteiger partial charge in [0.1, 0.15) is 5.75 Å². The molecule has 1 heterocycles. The third-order valence-electron chi connectivity index (χ3n) is 4.72. The van der Waals surface area contributed by atoms with Crippen molar-refractivity contribution in [2.24, 2.45) is 0 Å². The second-order valence-electron chi connectivity index (χ2n) is 6.78. The van der Waals surface area contributed by atoms with Crippen LogP contribution >= 0.6 is 11.6 Å². The maximum atomic E-state index is 12.5. The average molecular weight is 407 g/mol. The summed E-state index contributed by atoms with van der Waals surface area (Å²) < 4.78 is 5.67. The van der Waals surface area contributed by atoms with Crippen LogP contribution in [0.25, 0.3) is 0 Å². The van der Waals surface area contributed by atoms with Crippen LogP contribution in [0.3, 0.4) is 0 Å². The van der Waals surface area contributed by atoms with Crippen molar-refractivity contribution in [1.82, 2.24) is 4.90 Å². The first kappa shape index (κ1) is 19.0. The van der Waals surface area contributed by atoms with Crippen LogP contribution in [0.2, 0.25) is 5.02 Å². The van der Waals surface area contributed by atoms with Gasteiger partial charge >= 0.3 is 0 Å². The van der Waals surface area contributed by atoms with Gasteiger partial charge in [-0.3, -0.25) is 9.59 Å². The van der Waals surface area contributed by atoms with E-state index in [1.807, 2.05) is 36.4 Å². The van der Waals surface area contributed by atoms with Crippen LogP contribution in [0, 0.1) is 0 Å². The van der Waals surface area contributed by atoms with Gasteiger partial charge in [0.05, 0.1) is 10.6 Å². The molecule has 0 atom stereocenters. The number of hydrogen-bond donors (Lipinski definition) is 1. The van der Waals surface area contributed by atoms with Crippen molar-refractivity contribution in [2.75, 3.05) is 11.9 Å². The summed E-state index contributed by atoms with van der Waals surface area (Å²) in [5.41, 5.74) is 2.91. The van der Waals surface area contributed by atoms with Gasteiger partial charge in [0.15, 0.2) is 6.61 Å². The molecule has 0 aliphatic carbocycles. The minimum atomic E-state index is -0.290. The van der Waals surface area contributed by atoms with E-state index in [1.165, 1.54) is 0 Å². The first-order chi connectivity index (χ1) is 14.1. The van der Waals surface area contributed by atoms with Crippen molar-refractivity contribution in [3.8, 4) is 5.75 Å². The summed E-state index contributed by atoms with van der Waals surface area (Å²) in [6.45, 7) is 0.892. The predicted molar refractivity (Wildman–Crippen MR) is 112 cm³/mol. The molecule has 5 nitrogen and oxygen atoms in total. The van der Waals surface area contributed by atoms with E-state index < -0.39 is 0 Å². The fourth-order valence-corrected chi connectivity index (χ4v) is 3.46. The summed E-state index contributed by atoms with van der Waals surface area (Å²) in [6.07, 6.45) is 0. The van der Waals surface area contributed by atoms with Gasteiger partial charge in [-0.2, -0.15) is 0 Å². The lowest BCUT2D eigenvalue weighted by Crippen LogP contribution is -2.31. The smallest absolute Gasteiger partial charge is 0.261 e. The van der Waals surface area contributed by atoms with E-state index in [9.17, 15) is 9.59 Å². The van der Waals surface area contributed by atoms with Crippen LogP contribution in [0.4, 0.5) is 5.69 Å². The van der Waals surface area contributed by atoms with Crippen LogP contribution in [0.5, 0.6) is 5.75 Å². The van der Waals surface area contributed by atoms with Crippen molar-refractivity contribution in [2.45, 2.75) is 13.1 Å². The van der Waals surface area contributed by atoms with Crippen LogP contribution < -0.4 is 10.1 Å². The van der Waals surface area contributed by atoms with Crippen molar-refractivity contribution in [3.63, 3.8) is 0 Å². The lowest BCUT2D eigenvalue weighted by atomic mass is 10.1. The Morgan fingerprint density at radius 1 is 1.03 bits per heavy atom.